The molecule has 32 heavy (non-hydrogen) atoms. The number of carbonyl (C=O) groups excluding carboxylic acids is 1. The Morgan fingerprint density at radius 2 is 1.56 bits per heavy atom. The third-order valence-corrected chi connectivity index (χ3v) is 6.55. The molecule has 0 bridgehead atoms. The molecule has 3 aromatic rings. The van der Waals surface area contributed by atoms with Gasteiger partial charge in [0.1, 0.15) is 11.9 Å². The van der Waals surface area contributed by atoms with Crippen LogP contribution in [0, 0.1) is 5.82 Å². The molecule has 168 valence electrons. The number of nitrogens with one attached hydrogen (secondary N) is 2. The lowest BCUT2D eigenvalue weighted by atomic mass is 10.1. The Morgan fingerprint density at radius 1 is 0.906 bits per heavy atom. The Morgan fingerprint density at radius 3 is 2.19 bits per heavy atom. The van der Waals surface area contributed by atoms with Crippen LogP contribution in [0.3, 0.4) is 0 Å². The first kappa shape index (κ1) is 23.6. The number of hydrogen-bond donors (Lipinski definition) is 2. The van der Waals surface area contributed by atoms with E-state index in [0.717, 1.165) is 37.0 Å². The molecule has 0 saturated carbocycles. The lowest BCUT2D eigenvalue weighted by molar-refractivity contribution is -0.117. The second-order valence-electron chi connectivity index (χ2n) is 7.61. The zero-order chi connectivity index (χ0) is 23.0. The molecule has 7 heteroatoms. The van der Waals surface area contributed by atoms with Gasteiger partial charge in [-0.15, -0.1) is 0 Å². The van der Waals surface area contributed by atoms with Gasteiger partial charge in [0.15, 0.2) is 0 Å². The van der Waals surface area contributed by atoms with Crippen molar-refractivity contribution >= 4 is 21.6 Å². The fourth-order valence-electron chi connectivity index (χ4n) is 3.27. The molecule has 3 rings (SSSR count). The monoisotopic (exact) mass is 454 g/mol. The molecule has 1 amide bonds. The number of rotatable bonds is 10. The summed E-state index contributed by atoms with van der Waals surface area (Å²) in [7, 11) is -4.03. The van der Waals surface area contributed by atoms with Gasteiger partial charge in [0, 0.05) is 5.69 Å². The van der Waals surface area contributed by atoms with E-state index in [1.165, 1.54) is 17.7 Å². The van der Waals surface area contributed by atoms with Crippen LogP contribution >= 0.6 is 0 Å². The molecule has 2 N–H and O–H groups in total. The molecule has 0 aliphatic heterocycles. The fourth-order valence-corrected chi connectivity index (χ4v) is 4.47. The number of benzene rings is 3. The first-order valence-electron chi connectivity index (χ1n) is 10.6. The highest BCUT2D eigenvalue weighted by molar-refractivity contribution is 7.89. The lowest BCUT2D eigenvalue weighted by Gasteiger charge is -2.19. The van der Waals surface area contributed by atoms with Crippen LogP contribution in [-0.4, -0.2) is 20.4 Å². The highest BCUT2D eigenvalue weighted by atomic mass is 32.2. The Hall–Kier alpha value is -3.03. The molecule has 0 spiro atoms. The summed E-state index contributed by atoms with van der Waals surface area (Å²) >= 11 is 0. The van der Waals surface area contributed by atoms with Crippen molar-refractivity contribution in [2.24, 2.45) is 0 Å². The number of carbonyl (C=O) groups is 1. The van der Waals surface area contributed by atoms with Crippen molar-refractivity contribution in [3.63, 3.8) is 0 Å². The van der Waals surface area contributed by atoms with E-state index in [1.807, 2.05) is 54.6 Å². The topological polar surface area (TPSA) is 75.3 Å². The molecule has 0 aliphatic carbocycles. The van der Waals surface area contributed by atoms with Crippen molar-refractivity contribution < 1.29 is 17.6 Å². The molecule has 0 radical (unpaired) electrons. The second-order valence-corrected chi connectivity index (χ2v) is 9.32. The van der Waals surface area contributed by atoms with Crippen molar-refractivity contribution in [1.82, 2.24) is 4.72 Å². The van der Waals surface area contributed by atoms with Crippen LogP contribution in [0.1, 0.15) is 30.9 Å². The van der Waals surface area contributed by atoms with Crippen molar-refractivity contribution in [2.75, 3.05) is 5.32 Å². The summed E-state index contributed by atoms with van der Waals surface area (Å²) in [6.07, 6.45) is 3.34. The number of sulfonamides is 1. The summed E-state index contributed by atoms with van der Waals surface area (Å²) in [5, 5.41) is 2.80. The predicted molar refractivity (Wildman–Crippen MR) is 124 cm³/mol. The molecule has 0 fully saturated rings. The zero-order valence-corrected chi connectivity index (χ0v) is 18.7. The van der Waals surface area contributed by atoms with Gasteiger partial charge in [0.25, 0.3) is 0 Å². The van der Waals surface area contributed by atoms with Crippen molar-refractivity contribution in [3.8, 4) is 0 Å². The van der Waals surface area contributed by atoms with Crippen LogP contribution in [0.4, 0.5) is 10.1 Å². The van der Waals surface area contributed by atoms with Crippen molar-refractivity contribution in [2.45, 2.75) is 43.5 Å². The highest BCUT2D eigenvalue weighted by Crippen LogP contribution is 2.15. The van der Waals surface area contributed by atoms with Crippen molar-refractivity contribution in [1.29, 1.82) is 0 Å². The van der Waals surface area contributed by atoms with E-state index in [9.17, 15) is 17.6 Å². The average Bonchev–Trinajstić information content (AvgIpc) is 2.79. The van der Waals surface area contributed by atoms with E-state index in [4.69, 9.17) is 0 Å². The van der Waals surface area contributed by atoms with Gasteiger partial charge in [0.05, 0.1) is 4.90 Å². The number of amides is 1. The van der Waals surface area contributed by atoms with Gasteiger partial charge >= 0.3 is 0 Å². The van der Waals surface area contributed by atoms with Crippen LogP contribution in [0.2, 0.25) is 0 Å². The van der Waals surface area contributed by atoms with Crippen LogP contribution in [0.25, 0.3) is 0 Å². The summed E-state index contributed by atoms with van der Waals surface area (Å²) in [6, 6.07) is 20.1. The van der Waals surface area contributed by atoms with Crippen LogP contribution in [0.15, 0.2) is 83.8 Å². The third kappa shape index (κ3) is 6.73. The van der Waals surface area contributed by atoms with E-state index in [1.54, 1.807) is 0 Å². The number of hydrogen-bond acceptors (Lipinski definition) is 3. The molecule has 0 saturated heterocycles. The summed E-state index contributed by atoms with van der Waals surface area (Å²) in [4.78, 5) is 12.9. The van der Waals surface area contributed by atoms with E-state index >= 15 is 0 Å². The Bertz CT molecular complexity index is 1120. The van der Waals surface area contributed by atoms with Crippen molar-refractivity contribution in [3.05, 3.63) is 95.8 Å². The second kappa shape index (κ2) is 11.0. The number of unbranched alkanes of at least 4 members (excludes halogenated alkanes) is 1. The predicted octanol–water partition coefficient (Wildman–Crippen LogP) is 4.70. The molecule has 3 aromatic carbocycles. The van der Waals surface area contributed by atoms with Gasteiger partial charge in [-0.05, 0) is 66.8 Å². The van der Waals surface area contributed by atoms with E-state index in [2.05, 4.69) is 17.0 Å². The standard InChI is InChI=1S/C25H27FN2O3S/c1-2-3-7-19-10-14-22(15-11-19)27-25(29)24(18-20-8-5-4-6-9-20)28-32(30,31)23-16-12-21(26)13-17-23/h4-6,8-17,24,28H,2-3,7,18H2,1H3,(H,27,29)/t24-/m0/s1. The van der Waals surface area contributed by atoms with E-state index in [0.29, 0.717) is 5.69 Å². The summed E-state index contributed by atoms with van der Waals surface area (Å²) < 4.78 is 41.4. The molecular weight excluding hydrogens is 427 g/mol. The molecule has 5 nitrogen and oxygen atoms in total. The normalized spacial score (nSPS) is 12.3. The minimum Gasteiger partial charge on any atom is -0.325 e. The third-order valence-electron chi connectivity index (χ3n) is 5.06. The SMILES string of the molecule is CCCCc1ccc(NC(=O)[C@H](Cc2ccccc2)NS(=O)(=O)c2ccc(F)cc2)cc1. The zero-order valence-electron chi connectivity index (χ0n) is 17.9. The lowest BCUT2D eigenvalue weighted by Crippen LogP contribution is -2.45. The van der Waals surface area contributed by atoms with Crippen LogP contribution < -0.4 is 10.0 Å². The summed E-state index contributed by atoms with van der Waals surface area (Å²) in [5.41, 5.74) is 2.58. The smallest absolute Gasteiger partial charge is 0.242 e. The number of anilines is 1. The largest absolute Gasteiger partial charge is 0.325 e. The molecule has 0 heterocycles. The Balaban J connectivity index is 1.78. The van der Waals surface area contributed by atoms with Crippen LogP contribution in [-0.2, 0) is 27.7 Å². The summed E-state index contributed by atoms with van der Waals surface area (Å²) in [6.45, 7) is 2.13. The maximum atomic E-state index is 13.2. The van der Waals surface area contributed by atoms with Gasteiger partial charge < -0.3 is 5.32 Å². The quantitative estimate of drug-likeness (QED) is 0.466. The van der Waals surface area contributed by atoms with E-state index < -0.39 is 27.8 Å². The Kier molecular flexibility index (Phi) is 8.14. The van der Waals surface area contributed by atoms with Gasteiger partial charge in [0.2, 0.25) is 15.9 Å². The molecule has 0 aromatic heterocycles. The Labute approximate surface area is 188 Å². The summed E-state index contributed by atoms with van der Waals surface area (Å²) in [5.74, 6) is -1.01. The van der Waals surface area contributed by atoms with Gasteiger partial charge in [-0.25, -0.2) is 12.8 Å². The first-order chi connectivity index (χ1) is 15.4. The minimum atomic E-state index is -4.03. The number of aryl methyl sites for hydroxylation is 1. The number of halogens is 1. The molecule has 1 atom stereocenters. The first-order valence-corrected chi connectivity index (χ1v) is 12.1. The fraction of sp³-hybridized carbons (Fsp3) is 0.240. The van der Waals surface area contributed by atoms with E-state index in [-0.39, 0.29) is 11.3 Å². The van der Waals surface area contributed by atoms with Gasteiger partial charge in [-0.3, -0.25) is 4.79 Å². The molecule has 0 aliphatic rings. The minimum absolute atomic E-state index is 0.106. The van der Waals surface area contributed by atoms with Gasteiger partial charge in [-0.1, -0.05) is 55.8 Å². The average molecular weight is 455 g/mol. The maximum Gasteiger partial charge on any atom is 0.242 e. The molecule has 0 unspecified atom stereocenters. The van der Waals surface area contributed by atoms with Crippen LogP contribution in [0.5, 0.6) is 0 Å². The van der Waals surface area contributed by atoms with Gasteiger partial charge in [-0.2, -0.15) is 4.72 Å². The maximum absolute atomic E-state index is 13.2. The molecular formula is C25H27FN2O3S. The highest BCUT2D eigenvalue weighted by Gasteiger charge is 2.26.